The summed E-state index contributed by atoms with van der Waals surface area (Å²) in [5.41, 5.74) is 1.35. The minimum absolute atomic E-state index is 0.0664. The number of halogens is 1. The summed E-state index contributed by atoms with van der Waals surface area (Å²) in [6, 6.07) is 7.41. The maximum absolute atomic E-state index is 12.0. The number of carbonyl (C=O) groups is 1. The molecule has 1 unspecified atom stereocenters. The Morgan fingerprint density at radius 2 is 2.15 bits per heavy atom. The second-order valence-electron chi connectivity index (χ2n) is 4.41. The molecule has 5 nitrogen and oxygen atoms in total. The van der Waals surface area contributed by atoms with Crippen LogP contribution in [0.2, 0.25) is 0 Å². The van der Waals surface area contributed by atoms with E-state index < -0.39 is 0 Å². The molecule has 106 valence electrons. The predicted octanol–water partition coefficient (Wildman–Crippen LogP) is 2.14. The van der Waals surface area contributed by atoms with Crippen LogP contribution in [0.15, 0.2) is 41.1 Å². The number of carbonyl (C=O) groups excluding carboxylic acids is 1. The van der Waals surface area contributed by atoms with E-state index in [2.05, 4.69) is 26.3 Å². The molecule has 2 N–H and O–H groups in total. The third kappa shape index (κ3) is 3.46. The Labute approximate surface area is 125 Å². The maximum atomic E-state index is 12.0. The van der Waals surface area contributed by atoms with Crippen LogP contribution in [-0.2, 0) is 0 Å². The zero-order valence-corrected chi connectivity index (χ0v) is 12.7. The standard InChI is InChI=1S/C14H16BrN3O2/c1-2-12(9-19)17-14(20)10-7-16-18(8-10)13-5-3-11(15)4-6-13/h3-8,12,19H,2,9H2,1H3,(H,17,20). The first-order valence-electron chi connectivity index (χ1n) is 6.36. The minimum Gasteiger partial charge on any atom is -0.394 e. The van der Waals surface area contributed by atoms with Crippen LogP contribution in [0.5, 0.6) is 0 Å². The number of benzene rings is 1. The molecule has 0 aliphatic carbocycles. The Kier molecular flexibility index (Phi) is 4.92. The fourth-order valence-corrected chi connectivity index (χ4v) is 1.98. The molecule has 0 aliphatic heterocycles. The molecule has 0 aliphatic rings. The van der Waals surface area contributed by atoms with Gasteiger partial charge < -0.3 is 10.4 Å². The summed E-state index contributed by atoms with van der Waals surface area (Å²) in [4.78, 5) is 12.0. The fourth-order valence-electron chi connectivity index (χ4n) is 1.72. The van der Waals surface area contributed by atoms with Gasteiger partial charge in [-0.15, -0.1) is 0 Å². The van der Waals surface area contributed by atoms with Crippen molar-refractivity contribution in [1.82, 2.24) is 15.1 Å². The number of amides is 1. The molecular weight excluding hydrogens is 322 g/mol. The first-order valence-corrected chi connectivity index (χ1v) is 7.15. The van der Waals surface area contributed by atoms with Crippen LogP contribution in [0, 0.1) is 0 Å². The van der Waals surface area contributed by atoms with Crippen molar-refractivity contribution < 1.29 is 9.90 Å². The van der Waals surface area contributed by atoms with Crippen molar-refractivity contribution in [2.24, 2.45) is 0 Å². The number of aliphatic hydroxyl groups excluding tert-OH is 1. The molecule has 0 saturated carbocycles. The van der Waals surface area contributed by atoms with E-state index in [-0.39, 0.29) is 18.6 Å². The highest BCUT2D eigenvalue weighted by molar-refractivity contribution is 9.10. The third-order valence-electron chi connectivity index (χ3n) is 2.98. The number of aromatic nitrogens is 2. The van der Waals surface area contributed by atoms with Crippen molar-refractivity contribution in [3.8, 4) is 5.69 Å². The van der Waals surface area contributed by atoms with Crippen LogP contribution >= 0.6 is 15.9 Å². The van der Waals surface area contributed by atoms with Crippen molar-refractivity contribution in [2.75, 3.05) is 6.61 Å². The van der Waals surface area contributed by atoms with Crippen LogP contribution in [0.3, 0.4) is 0 Å². The van der Waals surface area contributed by atoms with E-state index in [4.69, 9.17) is 5.11 Å². The number of nitrogens with one attached hydrogen (secondary N) is 1. The average Bonchev–Trinajstić information content (AvgIpc) is 2.95. The molecule has 0 spiro atoms. The lowest BCUT2D eigenvalue weighted by molar-refractivity contribution is 0.0915. The van der Waals surface area contributed by atoms with E-state index in [1.165, 1.54) is 6.20 Å². The molecule has 1 aromatic carbocycles. The Morgan fingerprint density at radius 1 is 1.45 bits per heavy atom. The topological polar surface area (TPSA) is 67.2 Å². The molecule has 0 fully saturated rings. The van der Waals surface area contributed by atoms with E-state index in [0.29, 0.717) is 12.0 Å². The minimum atomic E-state index is -0.228. The summed E-state index contributed by atoms with van der Waals surface area (Å²) < 4.78 is 2.63. The van der Waals surface area contributed by atoms with E-state index in [1.807, 2.05) is 31.2 Å². The molecule has 1 amide bonds. The summed E-state index contributed by atoms with van der Waals surface area (Å²) >= 11 is 3.37. The van der Waals surface area contributed by atoms with Crippen LogP contribution < -0.4 is 5.32 Å². The molecule has 2 rings (SSSR count). The molecule has 20 heavy (non-hydrogen) atoms. The van der Waals surface area contributed by atoms with Gasteiger partial charge >= 0.3 is 0 Å². The molecule has 2 aromatic rings. The molecule has 0 bridgehead atoms. The highest BCUT2D eigenvalue weighted by atomic mass is 79.9. The highest BCUT2D eigenvalue weighted by Crippen LogP contribution is 2.14. The van der Waals surface area contributed by atoms with E-state index in [9.17, 15) is 4.79 Å². The predicted molar refractivity (Wildman–Crippen MR) is 79.9 cm³/mol. The first-order chi connectivity index (χ1) is 9.63. The van der Waals surface area contributed by atoms with Gasteiger partial charge in [-0.2, -0.15) is 5.10 Å². The van der Waals surface area contributed by atoms with Gasteiger partial charge in [0, 0.05) is 10.7 Å². The van der Waals surface area contributed by atoms with Crippen LogP contribution in [-0.4, -0.2) is 33.4 Å². The van der Waals surface area contributed by atoms with Gasteiger partial charge in [0.25, 0.3) is 5.91 Å². The van der Waals surface area contributed by atoms with Crippen molar-refractivity contribution in [2.45, 2.75) is 19.4 Å². The molecule has 1 heterocycles. The Morgan fingerprint density at radius 3 is 2.75 bits per heavy atom. The monoisotopic (exact) mass is 337 g/mol. The Hall–Kier alpha value is -1.66. The first kappa shape index (κ1) is 14.7. The van der Waals surface area contributed by atoms with Crippen molar-refractivity contribution >= 4 is 21.8 Å². The largest absolute Gasteiger partial charge is 0.394 e. The van der Waals surface area contributed by atoms with E-state index >= 15 is 0 Å². The summed E-state index contributed by atoms with van der Waals surface area (Å²) in [5.74, 6) is -0.228. The molecular formula is C14H16BrN3O2. The van der Waals surface area contributed by atoms with Crippen molar-refractivity contribution in [3.63, 3.8) is 0 Å². The van der Waals surface area contributed by atoms with Crippen molar-refractivity contribution in [1.29, 1.82) is 0 Å². The van der Waals surface area contributed by atoms with Crippen LogP contribution in [0.4, 0.5) is 0 Å². The normalized spacial score (nSPS) is 12.2. The van der Waals surface area contributed by atoms with Gasteiger partial charge in [-0.05, 0) is 30.7 Å². The van der Waals surface area contributed by atoms with E-state index in [0.717, 1.165) is 10.2 Å². The Bertz CT molecular complexity index is 576. The van der Waals surface area contributed by atoms with Gasteiger partial charge in [-0.25, -0.2) is 4.68 Å². The highest BCUT2D eigenvalue weighted by Gasteiger charge is 2.13. The lowest BCUT2D eigenvalue weighted by Crippen LogP contribution is -2.36. The quantitative estimate of drug-likeness (QED) is 0.878. The Balaban J connectivity index is 2.12. The van der Waals surface area contributed by atoms with Gasteiger partial charge in [-0.3, -0.25) is 4.79 Å². The summed E-state index contributed by atoms with van der Waals surface area (Å²) in [6.07, 6.45) is 3.87. The second-order valence-corrected chi connectivity index (χ2v) is 5.33. The van der Waals surface area contributed by atoms with Crippen LogP contribution in [0.1, 0.15) is 23.7 Å². The molecule has 6 heteroatoms. The lowest BCUT2D eigenvalue weighted by Gasteiger charge is -2.12. The van der Waals surface area contributed by atoms with Gasteiger partial charge in [0.05, 0.1) is 30.1 Å². The summed E-state index contributed by atoms with van der Waals surface area (Å²) in [5, 5.41) is 16.0. The van der Waals surface area contributed by atoms with E-state index in [1.54, 1.807) is 10.9 Å². The number of nitrogens with zero attached hydrogens (tertiary/aromatic N) is 2. The smallest absolute Gasteiger partial charge is 0.254 e. The molecule has 0 radical (unpaired) electrons. The molecule has 1 atom stereocenters. The number of hydrogen-bond acceptors (Lipinski definition) is 3. The summed E-state index contributed by atoms with van der Waals surface area (Å²) in [7, 11) is 0. The zero-order valence-electron chi connectivity index (χ0n) is 11.1. The van der Waals surface area contributed by atoms with Gasteiger partial charge in [0.15, 0.2) is 0 Å². The number of rotatable bonds is 5. The molecule has 0 saturated heterocycles. The average molecular weight is 338 g/mol. The summed E-state index contributed by atoms with van der Waals surface area (Å²) in [6.45, 7) is 1.84. The SMILES string of the molecule is CCC(CO)NC(=O)c1cnn(-c2ccc(Br)cc2)c1. The fraction of sp³-hybridized carbons (Fsp3) is 0.286. The maximum Gasteiger partial charge on any atom is 0.254 e. The van der Waals surface area contributed by atoms with Gasteiger partial charge in [-0.1, -0.05) is 22.9 Å². The molecule has 1 aromatic heterocycles. The number of hydrogen-bond donors (Lipinski definition) is 2. The number of aliphatic hydroxyl groups is 1. The van der Waals surface area contributed by atoms with Gasteiger partial charge in [0.1, 0.15) is 0 Å². The zero-order chi connectivity index (χ0) is 14.5. The lowest BCUT2D eigenvalue weighted by atomic mass is 10.2. The van der Waals surface area contributed by atoms with Crippen LogP contribution in [0.25, 0.3) is 5.69 Å². The second kappa shape index (κ2) is 6.67. The van der Waals surface area contributed by atoms with Gasteiger partial charge in [0.2, 0.25) is 0 Å². The van der Waals surface area contributed by atoms with Crippen molar-refractivity contribution in [3.05, 3.63) is 46.7 Å². The third-order valence-corrected chi connectivity index (χ3v) is 3.51.